The maximum absolute atomic E-state index is 13.2. The van der Waals surface area contributed by atoms with Gasteiger partial charge in [0.2, 0.25) is 0 Å². The lowest BCUT2D eigenvalue weighted by atomic mass is 9.68. The van der Waals surface area contributed by atoms with Crippen LogP contribution in [0.4, 0.5) is 0 Å². The Morgan fingerprint density at radius 2 is 1.50 bits per heavy atom. The van der Waals surface area contributed by atoms with Crippen molar-refractivity contribution in [3.8, 4) is 0 Å². The molecular weight excluding hydrogens is 328 g/mol. The summed E-state index contributed by atoms with van der Waals surface area (Å²) < 4.78 is 0. The molecule has 0 spiro atoms. The Morgan fingerprint density at radius 3 is 1.96 bits per heavy atom. The molecule has 4 heteroatoms. The van der Waals surface area contributed by atoms with E-state index < -0.39 is 11.2 Å². The summed E-state index contributed by atoms with van der Waals surface area (Å²) in [4.78, 5) is 25.9. The molecule has 0 aromatic rings. The van der Waals surface area contributed by atoms with Crippen LogP contribution in [0.3, 0.4) is 0 Å². The Bertz CT molecular complexity index is 608. The maximum atomic E-state index is 13.2. The van der Waals surface area contributed by atoms with Crippen LogP contribution < -0.4 is 0 Å². The van der Waals surface area contributed by atoms with Gasteiger partial charge < -0.3 is 10.2 Å². The molecule has 0 saturated heterocycles. The molecule has 148 valence electrons. The van der Waals surface area contributed by atoms with Gasteiger partial charge in [-0.3, -0.25) is 9.59 Å². The zero-order valence-corrected chi connectivity index (χ0v) is 17.5. The lowest BCUT2D eigenvalue weighted by Crippen LogP contribution is -2.39. The van der Waals surface area contributed by atoms with Crippen LogP contribution >= 0.6 is 0 Å². The third kappa shape index (κ3) is 4.99. The third-order valence-electron chi connectivity index (χ3n) is 5.13. The molecule has 0 heterocycles. The van der Waals surface area contributed by atoms with E-state index in [1.54, 1.807) is 6.92 Å². The van der Waals surface area contributed by atoms with Crippen molar-refractivity contribution >= 4 is 11.6 Å². The summed E-state index contributed by atoms with van der Waals surface area (Å²) in [6.07, 6.45) is 2.66. The van der Waals surface area contributed by atoms with Crippen LogP contribution in [0.15, 0.2) is 22.7 Å². The van der Waals surface area contributed by atoms with Crippen molar-refractivity contribution in [1.82, 2.24) is 0 Å². The second-order valence-corrected chi connectivity index (χ2v) is 9.10. The van der Waals surface area contributed by atoms with Gasteiger partial charge in [0, 0.05) is 12.0 Å². The minimum Gasteiger partial charge on any atom is -0.511 e. The summed E-state index contributed by atoms with van der Waals surface area (Å²) in [6.45, 7) is 13.8. The molecular formula is C22H36O4. The highest BCUT2D eigenvalue weighted by Gasteiger charge is 2.47. The fraction of sp³-hybridized carbons (Fsp3) is 0.727. The van der Waals surface area contributed by atoms with Gasteiger partial charge >= 0.3 is 0 Å². The molecule has 2 N–H and O–H groups in total. The molecule has 0 radical (unpaired) electrons. The first-order valence-corrected chi connectivity index (χ1v) is 9.85. The van der Waals surface area contributed by atoms with Gasteiger partial charge in [0.25, 0.3) is 0 Å². The van der Waals surface area contributed by atoms with Crippen molar-refractivity contribution in [3.63, 3.8) is 0 Å². The second kappa shape index (κ2) is 8.88. The van der Waals surface area contributed by atoms with Crippen molar-refractivity contribution in [2.75, 3.05) is 0 Å². The highest BCUT2D eigenvalue weighted by atomic mass is 16.3. The van der Waals surface area contributed by atoms with Crippen molar-refractivity contribution in [2.45, 2.75) is 80.6 Å². The van der Waals surface area contributed by atoms with Crippen LogP contribution in [0.25, 0.3) is 0 Å². The second-order valence-electron chi connectivity index (χ2n) is 9.10. The van der Waals surface area contributed by atoms with Crippen molar-refractivity contribution in [3.05, 3.63) is 22.7 Å². The van der Waals surface area contributed by atoms with E-state index in [-0.39, 0.29) is 35.2 Å². The molecule has 0 aromatic heterocycles. The number of carbonyl (C=O) groups is 2. The molecule has 0 aromatic carbocycles. The van der Waals surface area contributed by atoms with Gasteiger partial charge in [-0.25, -0.2) is 0 Å². The van der Waals surface area contributed by atoms with Crippen molar-refractivity contribution < 1.29 is 19.8 Å². The Balaban J connectivity index is 3.42. The summed E-state index contributed by atoms with van der Waals surface area (Å²) in [6, 6.07) is 0. The van der Waals surface area contributed by atoms with Crippen LogP contribution in [-0.2, 0) is 9.59 Å². The quantitative estimate of drug-likeness (QED) is 0.516. The fourth-order valence-electron chi connectivity index (χ4n) is 3.30. The van der Waals surface area contributed by atoms with Crippen LogP contribution in [0.1, 0.15) is 80.6 Å². The first-order valence-electron chi connectivity index (χ1n) is 9.85. The van der Waals surface area contributed by atoms with E-state index >= 15 is 0 Å². The highest BCUT2D eigenvalue weighted by molar-refractivity contribution is 6.24. The van der Waals surface area contributed by atoms with Gasteiger partial charge in [0.15, 0.2) is 11.6 Å². The van der Waals surface area contributed by atoms with Gasteiger partial charge in [-0.15, -0.1) is 0 Å². The molecule has 1 aliphatic carbocycles. The molecule has 1 unspecified atom stereocenters. The van der Waals surface area contributed by atoms with E-state index in [4.69, 9.17) is 0 Å². The van der Waals surface area contributed by atoms with E-state index in [0.717, 1.165) is 12.8 Å². The zero-order chi connectivity index (χ0) is 20.2. The average molecular weight is 365 g/mol. The van der Waals surface area contributed by atoms with Crippen molar-refractivity contribution in [1.29, 1.82) is 0 Å². The Hall–Kier alpha value is -1.58. The number of aliphatic hydroxyl groups is 2. The summed E-state index contributed by atoms with van der Waals surface area (Å²) >= 11 is 0. The van der Waals surface area contributed by atoms with Gasteiger partial charge in [-0.2, -0.15) is 0 Å². The van der Waals surface area contributed by atoms with Crippen LogP contribution in [0, 0.1) is 23.2 Å². The normalized spacial score (nSPS) is 21.5. The minimum atomic E-state index is -1.13. The standard InChI is InChI=1S/C22H36O4/c1-13(2)8-9-16-19(24)18(17(23)12-15(5)6)21(26)22(7,20(16)25)11-10-14(3)4/h13-15,24-25H,8-12H2,1-7H3. The van der Waals surface area contributed by atoms with Gasteiger partial charge in [0.05, 0.1) is 5.41 Å². The zero-order valence-electron chi connectivity index (χ0n) is 17.5. The van der Waals surface area contributed by atoms with E-state index in [1.165, 1.54) is 0 Å². The molecule has 0 saturated carbocycles. The molecule has 0 aliphatic heterocycles. The molecule has 0 bridgehead atoms. The van der Waals surface area contributed by atoms with E-state index in [2.05, 4.69) is 27.7 Å². The van der Waals surface area contributed by atoms with E-state index in [9.17, 15) is 19.8 Å². The number of ketones is 2. The van der Waals surface area contributed by atoms with Crippen LogP contribution in [0.5, 0.6) is 0 Å². The number of carbonyl (C=O) groups excluding carboxylic acids is 2. The molecule has 0 fully saturated rings. The summed E-state index contributed by atoms with van der Waals surface area (Å²) in [5.41, 5.74) is -0.872. The Labute approximate surface area is 158 Å². The minimum absolute atomic E-state index is 0.0533. The first-order chi connectivity index (χ1) is 11.9. The summed E-state index contributed by atoms with van der Waals surface area (Å²) in [5.74, 6) is -0.266. The van der Waals surface area contributed by atoms with Crippen molar-refractivity contribution in [2.24, 2.45) is 23.2 Å². The highest BCUT2D eigenvalue weighted by Crippen LogP contribution is 2.44. The topological polar surface area (TPSA) is 74.6 Å². The molecule has 0 amide bonds. The third-order valence-corrected chi connectivity index (χ3v) is 5.13. The van der Waals surface area contributed by atoms with Gasteiger partial charge in [0.1, 0.15) is 17.1 Å². The van der Waals surface area contributed by atoms with Crippen LogP contribution in [0.2, 0.25) is 0 Å². The predicted molar refractivity (Wildman–Crippen MR) is 105 cm³/mol. The van der Waals surface area contributed by atoms with Crippen LogP contribution in [-0.4, -0.2) is 21.8 Å². The number of rotatable bonds is 9. The number of hydrogen-bond donors (Lipinski definition) is 2. The SMILES string of the molecule is CC(C)CCC1=C(O)C(C)(CCC(C)C)C(=O)C(C(=O)CC(C)C)=C1O. The number of hydrogen-bond acceptors (Lipinski definition) is 4. The molecule has 4 nitrogen and oxygen atoms in total. The molecule has 1 rings (SSSR count). The molecule has 26 heavy (non-hydrogen) atoms. The molecule has 1 aliphatic rings. The summed E-state index contributed by atoms with van der Waals surface area (Å²) in [5, 5.41) is 21.6. The predicted octanol–water partition coefficient (Wildman–Crippen LogP) is 5.69. The fourth-order valence-corrected chi connectivity index (χ4v) is 3.30. The largest absolute Gasteiger partial charge is 0.511 e. The summed E-state index contributed by atoms with van der Waals surface area (Å²) in [7, 11) is 0. The smallest absolute Gasteiger partial charge is 0.183 e. The molecule has 1 atom stereocenters. The van der Waals surface area contributed by atoms with E-state index in [0.29, 0.717) is 30.3 Å². The first kappa shape index (κ1) is 22.5. The van der Waals surface area contributed by atoms with Gasteiger partial charge in [-0.1, -0.05) is 41.5 Å². The number of aliphatic hydroxyl groups excluding tert-OH is 2. The number of allylic oxidation sites excluding steroid dienone is 3. The average Bonchev–Trinajstić information content (AvgIpc) is 2.50. The monoisotopic (exact) mass is 364 g/mol. The van der Waals surface area contributed by atoms with Gasteiger partial charge in [-0.05, 0) is 50.4 Å². The van der Waals surface area contributed by atoms with E-state index in [1.807, 2.05) is 13.8 Å². The number of Topliss-reactive ketones (excluding diaryl/α,β-unsaturated/α-hetero) is 2. The lowest BCUT2D eigenvalue weighted by molar-refractivity contribution is -0.128. The lowest BCUT2D eigenvalue weighted by Gasteiger charge is -2.35. The maximum Gasteiger partial charge on any atom is 0.183 e. The Morgan fingerprint density at radius 1 is 0.962 bits per heavy atom. The Kier molecular flexibility index (Phi) is 7.67.